The number of rotatable bonds is 5. The van der Waals surface area contributed by atoms with Gasteiger partial charge in [-0.15, -0.1) is 0 Å². The Hall–Kier alpha value is -2.09. The van der Waals surface area contributed by atoms with Crippen molar-refractivity contribution in [3.63, 3.8) is 0 Å². The number of carbonyl (C=O) groups is 3. The minimum atomic E-state index is -1.08. The quantitative estimate of drug-likeness (QED) is 0.606. The molecule has 0 fully saturated rings. The second-order valence-electron chi connectivity index (χ2n) is 3.86. The number of carboxylic acid groups (broad SMARTS) is 1. The van der Waals surface area contributed by atoms with Gasteiger partial charge >= 0.3 is 12.0 Å². The Morgan fingerprint density at radius 1 is 1.20 bits per heavy atom. The molecule has 0 atom stereocenters. The van der Waals surface area contributed by atoms with Crippen LogP contribution in [0.3, 0.4) is 0 Å². The van der Waals surface area contributed by atoms with Crippen molar-refractivity contribution in [1.29, 1.82) is 0 Å². The zero-order chi connectivity index (χ0) is 15.1. The number of anilines is 1. The first-order chi connectivity index (χ1) is 9.40. The summed E-state index contributed by atoms with van der Waals surface area (Å²) < 4.78 is 0.569. The van der Waals surface area contributed by atoms with E-state index in [2.05, 4.69) is 31.9 Å². The molecule has 4 N–H and O–H groups in total. The zero-order valence-corrected chi connectivity index (χ0v) is 12.3. The van der Waals surface area contributed by atoms with Crippen molar-refractivity contribution in [3.05, 3.63) is 28.2 Å². The highest BCUT2D eigenvalue weighted by molar-refractivity contribution is 9.10. The lowest BCUT2D eigenvalue weighted by molar-refractivity contribution is -0.118. The van der Waals surface area contributed by atoms with Crippen LogP contribution in [-0.4, -0.2) is 36.1 Å². The van der Waals surface area contributed by atoms with E-state index >= 15 is 0 Å². The second-order valence-corrected chi connectivity index (χ2v) is 4.72. The molecule has 1 aromatic carbocycles. The molecule has 1 rings (SSSR count). The van der Waals surface area contributed by atoms with Crippen LogP contribution in [0.2, 0.25) is 0 Å². The molecule has 0 bridgehead atoms. The van der Waals surface area contributed by atoms with Crippen LogP contribution in [0.5, 0.6) is 0 Å². The van der Waals surface area contributed by atoms with Crippen LogP contribution in [0.4, 0.5) is 10.5 Å². The third kappa shape index (κ3) is 5.27. The summed E-state index contributed by atoms with van der Waals surface area (Å²) in [4.78, 5) is 33.1. The van der Waals surface area contributed by atoms with E-state index in [1.807, 2.05) is 0 Å². The first-order valence-electron chi connectivity index (χ1n) is 5.72. The lowest BCUT2D eigenvalue weighted by Gasteiger charge is -2.10. The number of amides is 3. The van der Waals surface area contributed by atoms with Crippen LogP contribution in [-0.2, 0) is 4.79 Å². The maximum Gasteiger partial charge on any atom is 0.335 e. The number of hydrogen-bond acceptors (Lipinski definition) is 3. The zero-order valence-electron chi connectivity index (χ0n) is 10.7. The topological polar surface area (TPSA) is 108 Å². The number of nitrogens with one attached hydrogen (secondary N) is 3. The van der Waals surface area contributed by atoms with Gasteiger partial charge in [-0.2, -0.15) is 0 Å². The molecule has 8 heteroatoms. The van der Waals surface area contributed by atoms with Crippen LogP contribution >= 0.6 is 15.9 Å². The Labute approximate surface area is 123 Å². The highest BCUT2D eigenvalue weighted by atomic mass is 79.9. The minimum Gasteiger partial charge on any atom is -0.478 e. The van der Waals surface area contributed by atoms with Crippen LogP contribution in [0, 0.1) is 0 Å². The average Bonchev–Trinajstić information content (AvgIpc) is 2.37. The molecule has 0 aliphatic carbocycles. The Morgan fingerprint density at radius 3 is 2.45 bits per heavy atom. The molecule has 0 saturated carbocycles. The maximum absolute atomic E-state index is 11.6. The molecular formula is C12H14BrN3O4. The summed E-state index contributed by atoms with van der Waals surface area (Å²) >= 11 is 3.22. The molecule has 1 aromatic rings. The number of benzene rings is 1. The van der Waals surface area contributed by atoms with E-state index in [9.17, 15) is 14.4 Å². The van der Waals surface area contributed by atoms with E-state index in [1.54, 1.807) is 0 Å². The molecule has 0 radical (unpaired) electrons. The van der Waals surface area contributed by atoms with Gasteiger partial charge in [0.15, 0.2) is 0 Å². The number of aromatic carboxylic acids is 1. The molecule has 0 heterocycles. The Morgan fingerprint density at radius 2 is 1.85 bits per heavy atom. The van der Waals surface area contributed by atoms with E-state index in [-0.39, 0.29) is 18.0 Å². The molecule has 0 aliphatic heterocycles. The first kappa shape index (κ1) is 16.0. The molecule has 0 aromatic heterocycles. The Balaban J connectivity index is 2.55. The average molecular weight is 344 g/mol. The molecule has 0 unspecified atom stereocenters. The number of halogens is 1. The molecular weight excluding hydrogens is 330 g/mol. The third-order valence-corrected chi connectivity index (χ3v) is 2.94. The van der Waals surface area contributed by atoms with Gasteiger partial charge < -0.3 is 21.1 Å². The molecule has 0 aliphatic rings. The van der Waals surface area contributed by atoms with E-state index < -0.39 is 12.0 Å². The first-order valence-corrected chi connectivity index (χ1v) is 6.51. The van der Waals surface area contributed by atoms with Gasteiger partial charge in [0, 0.05) is 24.5 Å². The van der Waals surface area contributed by atoms with Gasteiger partial charge in [0.05, 0.1) is 11.3 Å². The fourth-order valence-corrected chi connectivity index (χ4v) is 1.68. The lowest BCUT2D eigenvalue weighted by Crippen LogP contribution is -2.36. The third-order valence-electron chi connectivity index (χ3n) is 2.25. The van der Waals surface area contributed by atoms with Crippen molar-refractivity contribution in [3.8, 4) is 0 Å². The van der Waals surface area contributed by atoms with E-state index in [1.165, 1.54) is 25.1 Å². The predicted octanol–water partition coefficient (Wildman–Crippen LogP) is 1.40. The van der Waals surface area contributed by atoms with Crippen molar-refractivity contribution in [1.82, 2.24) is 10.6 Å². The molecule has 0 spiro atoms. The Kier molecular flexibility index (Phi) is 5.98. The maximum atomic E-state index is 11.6. The van der Waals surface area contributed by atoms with Gasteiger partial charge in [0.25, 0.3) is 0 Å². The van der Waals surface area contributed by atoms with Crippen LogP contribution in [0.1, 0.15) is 17.3 Å². The monoisotopic (exact) mass is 343 g/mol. The van der Waals surface area contributed by atoms with Crippen molar-refractivity contribution >= 4 is 39.5 Å². The van der Waals surface area contributed by atoms with E-state index in [0.717, 1.165) is 0 Å². The van der Waals surface area contributed by atoms with Gasteiger partial charge in [-0.25, -0.2) is 9.59 Å². The second kappa shape index (κ2) is 7.49. The molecule has 20 heavy (non-hydrogen) atoms. The van der Waals surface area contributed by atoms with Crippen molar-refractivity contribution in [2.45, 2.75) is 6.92 Å². The summed E-state index contributed by atoms with van der Waals surface area (Å²) in [7, 11) is 0. The number of carbonyl (C=O) groups excluding carboxylic acids is 2. The Bertz CT molecular complexity index is 533. The summed E-state index contributed by atoms with van der Waals surface area (Å²) in [6.45, 7) is 1.97. The summed E-state index contributed by atoms with van der Waals surface area (Å²) in [5.74, 6) is -1.25. The highest BCUT2D eigenvalue weighted by Crippen LogP contribution is 2.23. The van der Waals surface area contributed by atoms with Gasteiger partial charge in [-0.1, -0.05) is 0 Å². The van der Waals surface area contributed by atoms with Gasteiger partial charge in [-0.3, -0.25) is 4.79 Å². The van der Waals surface area contributed by atoms with Crippen LogP contribution in [0.25, 0.3) is 0 Å². The fraction of sp³-hybridized carbons (Fsp3) is 0.250. The predicted molar refractivity (Wildman–Crippen MR) is 76.8 cm³/mol. The largest absolute Gasteiger partial charge is 0.478 e. The SMILES string of the molecule is CC(=O)NCCNC(=O)Nc1cc(C(=O)O)ccc1Br. The number of hydrogen-bond donors (Lipinski definition) is 4. The van der Waals surface area contributed by atoms with Crippen molar-refractivity contribution < 1.29 is 19.5 Å². The molecule has 108 valence electrons. The summed E-state index contributed by atoms with van der Waals surface area (Å²) in [5, 5.41) is 16.5. The normalized spacial score (nSPS) is 9.70. The van der Waals surface area contributed by atoms with Gasteiger partial charge in [0.2, 0.25) is 5.91 Å². The minimum absolute atomic E-state index is 0.0711. The summed E-state index contributed by atoms with van der Waals surface area (Å²) in [6.07, 6.45) is 0. The van der Waals surface area contributed by atoms with Crippen molar-refractivity contribution in [2.24, 2.45) is 0 Å². The summed E-state index contributed by atoms with van der Waals surface area (Å²) in [5.41, 5.74) is 0.420. The number of urea groups is 1. The molecule has 7 nitrogen and oxygen atoms in total. The highest BCUT2D eigenvalue weighted by Gasteiger charge is 2.09. The van der Waals surface area contributed by atoms with E-state index in [0.29, 0.717) is 16.7 Å². The fourth-order valence-electron chi connectivity index (χ4n) is 1.34. The standard InChI is InChI=1S/C12H14BrN3O4/c1-7(17)14-4-5-15-12(20)16-10-6-8(11(18)19)2-3-9(10)13/h2-3,6H,4-5H2,1H3,(H,14,17)(H,18,19)(H2,15,16,20). The molecule has 3 amide bonds. The summed E-state index contributed by atoms with van der Waals surface area (Å²) in [6, 6.07) is 3.82. The van der Waals surface area contributed by atoms with E-state index in [4.69, 9.17) is 5.11 Å². The smallest absolute Gasteiger partial charge is 0.335 e. The van der Waals surface area contributed by atoms with Gasteiger partial charge in [-0.05, 0) is 34.1 Å². The van der Waals surface area contributed by atoms with Crippen molar-refractivity contribution in [2.75, 3.05) is 18.4 Å². The van der Waals surface area contributed by atoms with Crippen LogP contribution < -0.4 is 16.0 Å². The number of carboxylic acids is 1. The van der Waals surface area contributed by atoms with Crippen LogP contribution in [0.15, 0.2) is 22.7 Å². The lowest BCUT2D eigenvalue weighted by atomic mass is 10.2. The molecule has 0 saturated heterocycles. The van der Waals surface area contributed by atoms with Gasteiger partial charge in [0.1, 0.15) is 0 Å².